The topological polar surface area (TPSA) is 87.2 Å². The van der Waals surface area contributed by atoms with Crippen LogP contribution in [0.15, 0.2) is 54.6 Å². The van der Waals surface area contributed by atoms with Gasteiger partial charge in [0.25, 0.3) is 5.91 Å². The van der Waals surface area contributed by atoms with Crippen LogP contribution >= 0.6 is 0 Å². The Labute approximate surface area is 212 Å². The minimum atomic E-state index is -3.63. The van der Waals surface area contributed by atoms with E-state index in [2.05, 4.69) is 0 Å². The molecule has 1 aliphatic heterocycles. The van der Waals surface area contributed by atoms with Crippen molar-refractivity contribution in [3.63, 3.8) is 0 Å². The summed E-state index contributed by atoms with van der Waals surface area (Å²) < 4.78 is 45.3. The van der Waals surface area contributed by atoms with Crippen LogP contribution in [0.1, 0.15) is 35.7 Å². The second-order valence-corrected chi connectivity index (χ2v) is 11.0. The molecular weight excluding hydrogens is 485 g/mol. The van der Waals surface area contributed by atoms with Crippen molar-refractivity contribution in [3.05, 3.63) is 71.5 Å². The van der Waals surface area contributed by atoms with E-state index in [9.17, 15) is 22.4 Å². The van der Waals surface area contributed by atoms with E-state index in [0.717, 1.165) is 4.31 Å². The van der Waals surface area contributed by atoms with Crippen LogP contribution in [-0.2, 0) is 26.1 Å². The fourth-order valence-electron chi connectivity index (χ4n) is 4.33. The van der Waals surface area contributed by atoms with Crippen LogP contribution < -0.4 is 0 Å². The Hall–Kier alpha value is -2.82. The number of amides is 2. The molecule has 1 aliphatic rings. The quantitative estimate of drug-likeness (QED) is 0.456. The molecule has 1 fully saturated rings. The third kappa shape index (κ3) is 7.35. The van der Waals surface area contributed by atoms with Gasteiger partial charge in [-0.1, -0.05) is 30.3 Å². The number of methoxy groups -OCH3 is 1. The summed E-state index contributed by atoms with van der Waals surface area (Å²) in [6, 6.07) is 14.9. The highest BCUT2D eigenvalue weighted by Crippen LogP contribution is 2.22. The lowest BCUT2D eigenvalue weighted by molar-refractivity contribution is -0.135. The van der Waals surface area contributed by atoms with Crippen LogP contribution in [-0.4, -0.2) is 86.0 Å². The van der Waals surface area contributed by atoms with Crippen molar-refractivity contribution in [2.24, 2.45) is 0 Å². The molecule has 0 aliphatic carbocycles. The molecule has 0 bridgehead atoms. The van der Waals surface area contributed by atoms with Gasteiger partial charge in [-0.15, -0.1) is 0 Å². The maximum atomic E-state index is 13.9. The highest BCUT2D eigenvalue weighted by Gasteiger charge is 2.32. The fraction of sp³-hybridized carbons (Fsp3) is 0.462. The molecule has 0 aromatic heterocycles. The van der Waals surface area contributed by atoms with Crippen molar-refractivity contribution in [1.29, 1.82) is 0 Å². The van der Waals surface area contributed by atoms with Gasteiger partial charge in [-0.3, -0.25) is 9.59 Å². The molecule has 2 aromatic carbocycles. The van der Waals surface area contributed by atoms with E-state index in [1.165, 1.54) is 26.2 Å². The molecule has 1 heterocycles. The molecule has 196 valence electrons. The minimum Gasteiger partial charge on any atom is -0.383 e. The average Bonchev–Trinajstić information content (AvgIpc) is 2.89. The van der Waals surface area contributed by atoms with Gasteiger partial charge in [0.15, 0.2) is 0 Å². The second kappa shape index (κ2) is 12.9. The first-order valence-electron chi connectivity index (χ1n) is 12.1. The van der Waals surface area contributed by atoms with Gasteiger partial charge < -0.3 is 14.5 Å². The number of ether oxygens (including phenoxy) is 1. The summed E-state index contributed by atoms with van der Waals surface area (Å²) in [5.74, 6) is -0.955. The van der Waals surface area contributed by atoms with Crippen molar-refractivity contribution < 1.29 is 27.1 Å². The van der Waals surface area contributed by atoms with Crippen LogP contribution in [0, 0.1) is 5.82 Å². The van der Waals surface area contributed by atoms with E-state index in [1.807, 2.05) is 18.2 Å². The fourth-order valence-corrected chi connectivity index (χ4v) is 5.36. The molecule has 0 N–H and O–H groups in total. The molecule has 2 aromatic rings. The number of sulfonamides is 1. The van der Waals surface area contributed by atoms with Crippen LogP contribution in [0.5, 0.6) is 0 Å². The lowest BCUT2D eigenvalue weighted by Gasteiger charge is -2.39. The van der Waals surface area contributed by atoms with Crippen LogP contribution in [0.2, 0.25) is 0 Å². The number of halogens is 1. The number of benzene rings is 2. The van der Waals surface area contributed by atoms with E-state index >= 15 is 0 Å². The normalized spacial score (nSPS) is 14.7. The number of hydrogen-bond acceptors (Lipinski definition) is 5. The molecule has 0 spiro atoms. The van der Waals surface area contributed by atoms with Gasteiger partial charge in [0.2, 0.25) is 15.9 Å². The summed E-state index contributed by atoms with van der Waals surface area (Å²) in [6.07, 6.45) is 1.08. The number of carbonyl (C=O) groups is 2. The number of piperidine rings is 1. The highest BCUT2D eigenvalue weighted by molar-refractivity contribution is 7.89. The zero-order chi connectivity index (χ0) is 26.1. The molecule has 0 atom stereocenters. The summed E-state index contributed by atoms with van der Waals surface area (Å²) >= 11 is 0. The number of likely N-dealkylation sites (tertiary alicyclic amines) is 1. The molecule has 0 radical (unpaired) electrons. The number of carbonyl (C=O) groups excluding carboxylic acids is 2. The van der Waals surface area contributed by atoms with Gasteiger partial charge in [-0.05, 0) is 49.6 Å². The minimum absolute atomic E-state index is 0.0585. The molecular formula is C26H34FN3O5S. The van der Waals surface area contributed by atoms with Gasteiger partial charge in [-0.2, -0.15) is 4.31 Å². The molecule has 10 heteroatoms. The molecule has 0 unspecified atom stereocenters. The van der Waals surface area contributed by atoms with Crippen LogP contribution in [0.25, 0.3) is 0 Å². The zero-order valence-corrected chi connectivity index (χ0v) is 21.6. The number of rotatable bonds is 11. The Kier molecular flexibility index (Phi) is 9.98. The molecule has 0 saturated carbocycles. The van der Waals surface area contributed by atoms with Crippen LogP contribution in [0.4, 0.5) is 4.39 Å². The third-order valence-corrected chi connectivity index (χ3v) is 8.22. The Morgan fingerprint density at radius 2 is 1.78 bits per heavy atom. The molecule has 36 heavy (non-hydrogen) atoms. The van der Waals surface area contributed by atoms with Gasteiger partial charge in [0.1, 0.15) is 5.82 Å². The molecule has 8 nitrogen and oxygen atoms in total. The smallest absolute Gasteiger partial charge is 0.253 e. The predicted molar refractivity (Wildman–Crippen MR) is 135 cm³/mol. The predicted octanol–water partition coefficient (Wildman–Crippen LogP) is 2.76. The largest absolute Gasteiger partial charge is 0.383 e. The maximum Gasteiger partial charge on any atom is 0.253 e. The lowest BCUT2D eigenvalue weighted by Crippen LogP contribution is -2.51. The van der Waals surface area contributed by atoms with Gasteiger partial charge in [-0.25, -0.2) is 12.8 Å². The summed E-state index contributed by atoms with van der Waals surface area (Å²) in [5, 5.41) is 0. The van der Waals surface area contributed by atoms with Gasteiger partial charge >= 0.3 is 0 Å². The van der Waals surface area contributed by atoms with Crippen molar-refractivity contribution in [1.82, 2.24) is 14.1 Å². The SMILES string of the molecule is CCS(=O)(=O)N(CCOC)CC(=O)N(Cc1cccc(F)c1)C1CCN(C(=O)c2ccccc2)CC1. The Morgan fingerprint density at radius 1 is 1.08 bits per heavy atom. The molecule has 2 amide bonds. The van der Waals surface area contributed by atoms with Crippen molar-refractivity contribution in [3.8, 4) is 0 Å². The molecule has 3 rings (SSSR count). The van der Waals surface area contributed by atoms with E-state index < -0.39 is 15.8 Å². The van der Waals surface area contributed by atoms with Crippen LogP contribution in [0.3, 0.4) is 0 Å². The average molecular weight is 520 g/mol. The van der Waals surface area contributed by atoms with E-state index in [-0.39, 0.29) is 49.9 Å². The number of nitrogens with zero attached hydrogens (tertiary/aromatic N) is 3. The summed E-state index contributed by atoms with van der Waals surface area (Å²) in [4.78, 5) is 29.8. The Morgan fingerprint density at radius 3 is 2.39 bits per heavy atom. The van der Waals surface area contributed by atoms with E-state index in [4.69, 9.17) is 4.74 Å². The summed E-state index contributed by atoms with van der Waals surface area (Å²) in [6.45, 7) is 2.52. The van der Waals surface area contributed by atoms with Crippen molar-refractivity contribution in [2.75, 3.05) is 45.6 Å². The summed E-state index contributed by atoms with van der Waals surface area (Å²) in [5.41, 5.74) is 1.23. The standard InChI is InChI=1S/C26H34FN3O5S/c1-3-36(33,34)29(16-17-35-2)20-25(31)30(19-21-8-7-11-23(27)18-21)24-12-14-28(15-13-24)26(32)22-9-5-4-6-10-22/h4-11,18,24H,3,12-17,19-20H2,1-2H3. The first-order valence-corrected chi connectivity index (χ1v) is 13.7. The summed E-state index contributed by atoms with van der Waals surface area (Å²) in [7, 11) is -2.16. The van der Waals surface area contributed by atoms with Gasteiger partial charge in [0, 0.05) is 44.9 Å². The number of hydrogen-bond donors (Lipinski definition) is 0. The molecule has 1 saturated heterocycles. The van der Waals surface area contributed by atoms with Crippen molar-refractivity contribution >= 4 is 21.8 Å². The maximum absolute atomic E-state index is 13.9. The Balaban J connectivity index is 1.77. The van der Waals surface area contributed by atoms with Crippen molar-refractivity contribution in [2.45, 2.75) is 32.4 Å². The first kappa shape index (κ1) is 27.8. The second-order valence-electron chi connectivity index (χ2n) is 8.77. The monoisotopic (exact) mass is 519 g/mol. The van der Waals surface area contributed by atoms with E-state index in [0.29, 0.717) is 37.1 Å². The highest BCUT2D eigenvalue weighted by atomic mass is 32.2. The third-order valence-electron chi connectivity index (χ3n) is 6.39. The first-order chi connectivity index (χ1) is 17.2. The lowest BCUT2D eigenvalue weighted by atomic mass is 10.0. The zero-order valence-electron chi connectivity index (χ0n) is 20.8. The van der Waals surface area contributed by atoms with Gasteiger partial charge in [0.05, 0.1) is 18.9 Å². The Bertz CT molecular complexity index is 1120. The van der Waals surface area contributed by atoms with E-state index in [1.54, 1.807) is 34.1 Å².